The van der Waals surface area contributed by atoms with Gasteiger partial charge in [0.05, 0.1) is 12.1 Å². The lowest BCUT2D eigenvalue weighted by molar-refractivity contribution is -0.153. The number of piperidine rings is 1. The van der Waals surface area contributed by atoms with Crippen molar-refractivity contribution in [2.24, 2.45) is 12.8 Å². The molecule has 10 nitrogen and oxygen atoms in total. The summed E-state index contributed by atoms with van der Waals surface area (Å²) in [4.78, 5) is 52.7. The first-order valence-electron chi connectivity index (χ1n) is 12.1. The van der Waals surface area contributed by atoms with E-state index in [1.165, 1.54) is 21.1 Å². The molecule has 1 aliphatic heterocycles. The summed E-state index contributed by atoms with van der Waals surface area (Å²) < 4.78 is 46.4. The van der Waals surface area contributed by atoms with Crippen molar-refractivity contribution in [2.45, 2.75) is 31.5 Å². The van der Waals surface area contributed by atoms with E-state index in [-0.39, 0.29) is 16.8 Å². The van der Waals surface area contributed by atoms with E-state index in [0.717, 1.165) is 0 Å². The lowest BCUT2D eigenvalue weighted by atomic mass is 9.92. The van der Waals surface area contributed by atoms with Gasteiger partial charge in [-0.3, -0.25) is 19.2 Å². The van der Waals surface area contributed by atoms with Gasteiger partial charge >= 0.3 is 6.18 Å². The van der Waals surface area contributed by atoms with Crippen LogP contribution in [0.15, 0.2) is 41.2 Å². The number of amides is 2. The van der Waals surface area contributed by atoms with Crippen molar-refractivity contribution in [3.63, 3.8) is 0 Å². The summed E-state index contributed by atoms with van der Waals surface area (Å²) >= 11 is 0. The fourth-order valence-electron chi connectivity index (χ4n) is 4.98. The van der Waals surface area contributed by atoms with E-state index < -0.39 is 60.5 Å². The van der Waals surface area contributed by atoms with Crippen molar-refractivity contribution in [3.8, 4) is 5.75 Å². The van der Waals surface area contributed by atoms with Crippen LogP contribution in [0.25, 0.3) is 10.9 Å². The zero-order chi connectivity index (χ0) is 28.5. The predicted octanol–water partition coefficient (Wildman–Crippen LogP) is 1.96. The Morgan fingerprint density at radius 2 is 1.77 bits per heavy atom. The highest BCUT2D eigenvalue weighted by Gasteiger charge is 2.34. The van der Waals surface area contributed by atoms with Gasteiger partial charge in [-0.25, -0.2) is 0 Å². The first-order chi connectivity index (χ1) is 18.4. The number of primary amides is 1. The molecule has 1 aliphatic rings. The molecule has 0 saturated carbocycles. The highest BCUT2D eigenvalue weighted by molar-refractivity contribution is 6.03. The van der Waals surface area contributed by atoms with Crippen molar-refractivity contribution in [3.05, 3.63) is 63.7 Å². The van der Waals surface area contributed by atoms with Gasteiger partial charge in [0.15, 0.2) is 18.1 Å². The van der Waals surface area contributed by atoms with Gasteiger partial charge in [-0.1, -0.05) is 30.3 Å². The number of hydrogen-bond donors (Lipinski definition) is 2. The summed E-state index contributed by atoms with van der Waals surface area (Å²) in [5, 5.41) is 8.88. The van der Waals surface area contributed by atoms with Gasteiger partial charge in [-0.15, -0.1) is 0 Å². The first-order valence-corrected chi connectivity index (χ1v) is 12.1. The minimum absolute atomic E-state index is 0.123. The maximum Gasteiger partial charge on any atom is 0.422 e. The summed E-state index contributed by atoms with van der Waals surface area (Å²) in [7, 11) is 1.38. The number of pyridine rings is 1. The average Bonchev–Trinajstić information content (AvgIpc) is 3.20. The van der Waals surface area contributed by atoms with Gasteiger partial charge in [0.1, 0.15) is 17.7 Å². The number of rotatable bonds is 8. The summed E-state index contributed by atoms with van der Waals surface area (Å²) in [6.07, 6.45) is -3.94. The zero-order valence-corrected chi connectivity index (χ0v) is 21.0. The molecule has 3 heterocycles. The number of alkyl halides is 3. The second-order valence-electron chi connectivity index (χ2n) is 9.33. The summed E-state index contributed by atoms with van der Waals surface area (Å²) in [5.74, 6) is -2.83. The van der Waals surface area contributed by atoms with Crippen LogP contribution < -0.4 is 16.0 Å². The number of Topliss-reactive ketones (excluding diaryl/α,β-unsaturated/α-hetero) is 1. The number of likely N-dealkylation sites (tertiary alicyclic amines) is 1. The highest BCUT2D eigenvalue weighted by Crippen LogP contribution is 2.35. The number of hydrogen-bond acceptors (Lipinski definition) is 6. The Hall–Kier alpha value is -4.13. The summed E-state index contributed by atoms with van der Waals surface area (Å²) in [6, 6.07) is 9.75. The van der Waals surface area contributed by atoms with Crippen molar-refractivity contribution in [2.75, 3.05) is 26.3 Å². The van der Waals surface area contributed by atoms with E-state index >= 15 is 0 Å². The van der Waals surface area contributed by atoms with Crippen LogP contribution in [-0.4, -0.2) is 69.2 Å². The van der Waals surface area contributed by atoms with Crippen LogP contribution in [-0.2, 0) is 18.4 Å². The second-order valence-corrected chi connectivity index (χ2v) is 9.33. The molecule has 0 spiro atoms. The van der Waals surface area contributed by atoms with Crippen molar-refractivity contribution in [1.82, 2.24) is 14.0 Å². The number of aliphatic hydroxyl groups is 1. The molecule has 1 fully saturated rings. The smallest absolute Gasteiger partial charge is 0.422 e. The Balaban J connectivity index is 1.88. The van der Waals surface area contributed by atoms with E-state index in [2.05, 4.69) is 0 Å². The summed E-state index contributed by atoms with van der Waals surface area (Å²) in [5.41, 5.74) is 5.12. The van der Waals surface area contributed by atoms with Gasteiger partial charge < -0.3 is 29.6 Å². The Morgan fingerprint density at radius 1 is 1.13 bits per heavy atom. The van der Waals surface area contributed by atoms with Crippen molar-refractivity contribution < 1.29 is 37.4 Å². The predicted molar refractivity (Wildman–Crippen MR) is 134 cm³/mol. The molecule has 1 saturated heterocycles. The molecule has 0 bridgehead atoms. The Morgan fingerprint density at radius 3 is 2.33 bits per heavy atom. The van der Waals surface area contributed by atoms with E-state index in [1.54, 1.807) is 36.4 Å². The number of aliphatic hydroxyl groups excluding tert-OH is 1. The van der Waals surface area contributed by atoms with Crippen LogP contribution >= 0.6 is 0 Å². The molecule has 4 rings (SSSR count). The topological polar surface area (TPSA) is 137 Å². The van der Waals surface area contributed by atoms with Gasteiger partial charge in [0.2, 0.25) is 5.91 Å². The first kappa shape index (κ1) is 27.9. The van der Waals surface area contributed by atoms with Gasteiger partial charge in [-0.05, 0) is 18.9 Å². The van der Waals surface area contributed by atoms with Gasteiger partial charge in [0.25, 0.3) is 11.5 Å². The van der Waals surface area contributed by atoms with Gasteiger partial charge in [0, 0.05) is 37.3 Å². The fourth-order valence-corrected chi connectivity index (χ4v) is 4.98. The normalized spacial score (nSPS) is 14.5. The molecule has 0 radical (unpaired) electrons. The molecule has 2 aromatic heterocycles. The number of benzene rings is 1. The molecule has 13 heteroatoms. The molecule has 0 unspecified atom stereocenters. The third-order valence-corrected chi connectivity index (χ3v) is 6.86. The fraction of sp³-hybridized carbons (Fsp3) is 0.385. The number of nitrogens with two attached hydrogens (primary N) is 1. The van der Waals surface area contributed by atoms with E-state index in [9.17, 15) is 37.5 Å². The van der Waals surface area contributed by atoms with E-state index in [4.69, 9.17) is 10.5 Å². The molecule has 0 atom stereocenters. The third kappa shape index (κ3) is 5.67. The molecule has 39 heavy (non-hydrogen) atoms. The average molecular weight is 549 g/mol. The van der Waals surface area contributed by atoms with Crippen LogP contribution in [0.3, 0.4) is 0 Å². The van der Waals surface area contributed by atoms with Crippen LogP contribution in [0.5, 0.6) is 5.75 Å². The summed E-state index contributed by atoms with van der Waals surface area (Å²) in [6.45, 7) is -2.21. The number of nitrogens with zero attached hydrogens (tertiary/aromatic N) is 3. The van der Waals surface area contributed by atoms with E-state index in [0.29, 0.717) is 37.2 Å². The Bertz CT molecular complexity index is 1470. The monoisotopic (exact) mass is 548 g/mol. The molecule has 3 aromatic rings. The molecule has 208 valence electrons. The maximum atomic E-state index is 13.9. The van der Waals surface area contributed by atoms with E-state index in [1.807, 2.05) is 0 Å². The zero-order valence-electron chi connectivity index (χ0n) is 21.0. The lowest BCUT2D eigenvalue weighted by Crippen LogP contribution is -2.40. The molecular formula is C26H27F3N4O6. The maximum absolute atomic E-state index is 13.9. The van der Waals surface area contributed by atoms with Crippen LogP contribution in [0.2, 0.25) is 0 Å². The number of fused-ring (bicyclic) bond motifs is 1. The Labute approximate surface area is 220 Å². The minimum Gasteiger partial charge on any atom is -0.481 e. The van der Waals surface area contributed by atoms with Crippen LogP contribution in [0, 0.1) is 0 Å². The third-order valence-electron chi connectivity index (χ3n) is 6.86. The highest BCUT2D eigenvalue weighted by atomic mass is 19.4. The number of halogens is 3. The number of carbonyl (C=O) groups is 3. The largest absolute Gasteiger partial charge is 0.481 e. The second kappa shape index (κ2) is 10.9. The molecule has 3 N–H and O–H groups in total. The number of ether oxygens (including phenoxy) is 1. The molecular weight excluding hydrogens is 521 g/mol. The SMILES string of the molecule is Cn1c(C(N)=O)c(OCC(F)(F)F)c2c(=O)n(CC(=O)c3ccccc3)c(C3CCN(C(=O)CO)CC3)cc21. The van der Waals surface area contributed by atoms with Crippen molar-refractivity contribution >= 4 is 28.5 Å². The van der Waals surface area contributed by atoms with Crippen molar-refractivity contribution in [1.29, 1.82) is 0 Å². The number of carbonyl (C=O) groups excluding carboxylic acids is 3. The Kier molecular flexibility index (Phi) is 7.82. The van der Waals surface area contributed by atoms with Gasteiger partial charge in [-0.2, -0.15) is 13.2 Å². The number of ketones is 1. The standard InChI is InChI=1S/C26H27F3N4O6/c1-31-18-11-17(15-7-9-32(10-8-15)20(36)13-34)33(12-19(35)16-5-3-2-4-6-16)25(38)21(18)23(22(31)24(30)37)39-14-26(27,28)29/h2-6,11,15,34H,7-10,12-14H2,1H3,(H2,30,37). The van der Waals surface area contributed by atoms with Crippen LogP contribution in [0.4, 0.5) is 13.2 Å². The number of aryl methyl sites for hydroxylation is 1. The van der Waals surface area contributed by atoms with Crippen LogP contribution in [0.1, 0.15) is 45.3 Å². The molecule has 2 amide bonds. The quantitative estimate of drug-likeness (QED) is 0.413. The number of aromatic nitrogens is 2. The molecule has 0 aliphatic carbocycles. The molecule has 1 aromatic carbocycles. The lowest BCUT2D eigenvalue weighted by Gasteiger charge is -2.33. The minimum atomic E-state index is -4.75.